The summed E-state index contributed by atoms with van der Waals surface area (Å²) < 4.78 is 31.3. The van der Waals surface area contributed by atoms with Crippen molar-refractivity contribution in [1.82, 2.24) is 0 Å². The van der Waals surface area contributed by atoms with E-state index in [2.05, 4.69) is 4.74 Å². The molecular formula is C17H24F2O3. The Labute approximate surface area is 130 Å². The van der Waals surface area contributed by atoms with Crippen LogP contribution in [-0.4, -0.2) is 24.6 Å². The minimum Gasteiger partial charge on any atom is -0.469 e. The Kier molecular flexibility index (Phi) is 6.48. The molecule has 0 saturated carbocycles. The van der Waals surface area contributed by atoms with Crippen molar-refractivity contribution in [2.75, 3.05) is 7.11 Å². The molecule has 1 aromatic rings. The Hall–Kier alpha value is -1.49. The highest BCUT2D eigenvalue weighted by atomic mass is 19.3. The second-order valence-electron chi connectivity index (χ2n) is 5.76. The molecule has 1 N–H and O–H groups in total. The first-order chi connectivity index (χ1) is 10.3. The van der Waals surface area contributed by atoms with Crippen LogP contribution in [0.1, 0.15) is 38.3 Å². The van der Waals surface area contributed by atoms with Gasteiger partial charge < -0.3 is 9.84 Å². The number of carbonyl (C=O) groups is 1. The Morgan fingerprint density at radius 3 is 2.18 bits per heavy atom. The molecule has 0 spiro atoms. The average molecular weight is 314 g/mol. The number of hydrogen-bond acceptors (Lipinski definition) is 3. The zero-order valence-corrected chi connectivity index (χ0v) is 13.5. The van der Waals surface area contributed by atoms with E-state index in [0.29, 0.717) is 5.56 Å². The predicted octanol–water partition coefficient (Wildman–Crippen LogP) is 3.54. The van der Waals surface area contributed by atoms with Crippen LogP contribution in [0, 0.1) is 11.8 Å². The standard InChI is InChI=1S/C17H24F2O3/c1-5-6-12-7-9-13(10-8-12)17(21,11(2)3)14(15(18)19)16(20)22-4/h7-11,14-15,21H,5-6H2,1-4H3. The Bertz CT molecular complexity index is 485. The summed E-state index contributed by atoms with van der Waals surface area (Å²) in [5.74, 6) is -3.61. The van der Waals surface area contributed by atoms with Crippen LogP contribution in [0.3, 0.4) is 0 Å². The number of alkyl halides is 2. The van der Waals surface area contributed by atoms with Crippen molar-refractivity contribution in [2.24, 2.45) is 11.8 Å². The first-order valence-electron chi connectivity index (χ1n) is 7.46. The van der Waals surface area contributed by atoms with Gasteiger partial charge >= 0.3 is 5.97 Å². The summed E-state index contributed by atoms with van der Waals surface area (Å²) in [6.07, 6.45) is -1.18. The molecule has 0 aliphatic rings. The van der Waals surface area contributed by atoms with Gasteiger partial charge in [-0.3, -0.25) is 4.79 Å². The maximum absolute atomic E-state index is 13.4. The van der Waals surface area contributed by atoms with Gasteiger partial charge in [0.15, 0.2) is 5.92 Å². The third kappa shape index (κ3) is 3.64. The van der Waals surface area contributed by atoms with Crippen molar-refractivity contribution in [3.8, 4) is 0 Å². The molecule has 0 radical (unpaired) electrons. The molecule has 0 amide bonds. The van der Waals surface area contributed by atoms with E-state index in [0.717, 1.165) is 25.5 Å². The Morgan fingerprint density at radius 1 is 1.27 bits per heavy atom. The molecule has 0 aliphatic heterocycles. The summed E-state index contributed by atoms with van der Waals surface area (Å²) in [5, 5.41) is 10.9. The van der Waals surface area contributed by atoms with E-state index in [1.165, 1.54) is 0 Å². The SMILES string of the molecule is CCCc1ccc(C(O)(C(C)C)C(C(=O)OC)C(F)F)cc1. The summed E-state index contributed by atoms with van der Waals surface area (Å²) in [5.41, 5.74) is -0.617. The van der Waals surface area contributed by atoms with Gasteiger partial charge in [0.05, 0.1) is 7.11 Å². The minimum atomic E-state index is -3.02. The molecule has 124 valence electrons. The van der Waals surface area contributed by atoms with Crippen LogP contribution < -0.4 is 0 Å². The summed E-state index contributed by atoms with van der Waals surface area (Å²) in [6, 6.07) is 6.82. The molecule has 0 bridgehead atoms. The largest absolute Gasteiger partial charge is 0.469 e. The zero-order valence-electron chi connectivity index (χ0n) is 13.5. The molecule has 5 heteroatoms. The number of methoxy groups -OCH3 is 1. The lowest BCUT2D eigenvalue weighted by molar-refractivity contribution is -0.176. The molecule has 0 saturated heterocycles. The van der Waals surface area contributed by atoms with Crippen LogP contribution in [0.25, 0.3) is 0 Å². The zero-order chi connectivity index (χ0) is 16.9. The third-order valence-electron chi connectivity index (χ3n) is 4.02. The summed E-state index contributed by atoms with van der Waals surface area (Å²) in [7, 11) is 1.04. The molecule has 0 fully saturated rings. The van der Waals surface area contributed by atoms with Crippen LogP contribution in [0.2, 0.25) is 0 Å². The number of hydrogen-bond donors (Lipinski definition) is 1. The molecule has 0 heterocycles. The van der Waals surface area contributed by atoms with Crippen LogP contribution in [0.5, 0.6) is 0 Å². The van der Waals surface area contributed by atoms with Gasteiger partial charge in [-0.1, -0.05) is 51.5 Å². The Morgan fingerprint density at radius 2 is 1.82 bits per heavy atom. The van der Waals surface area contributed by atoms with E-state index in [-0.39, 0.29) is 0 Å². The summed E-state index contributed by atoms with van der Waals surface area (Å²) >= 11 is 0. The quantitative estimate of drug-likeness (QED) is 0.783. The van der Waals surface area contributed by atoms with Gasteiger partial charge in [-0.05, 0) is 23.5 Å². The molecule has 1 aromatic carbocycles. The third-order valence-corrected chi connectivity index (χ3v) is 4.02. The molecule has 3 nitrogen and oxygen atoms in total. The van der Waals surface area contributed by atoms with Crippen molar-refractivity contribution in [3.05, 3.63) is 35.4 Å². The van der Waals surface area contributed by atoms with Gasteiger partial charge in [0, 0.05) is 0 Å². The second-order valence-corrected chi connectivity index (χ2v) is 5.76. The predicted molar refractivity (Wildman–Crippen MR) is 80.7 cm³/mol. The molecular weight excluding hydrogens is 290 g/mol. The molecule has 0 aliphatic carbocycles. The average Bonchev–Trinajstić information content (AvgIpc) is 2.47. The normalized spacial score (nSPS) is 15.7. The van der Waals surface area contributed by atoms with Gasteiger partial charge in [0.2, 0.25) is 0 Å². The maximum atomic E-state index is 13.4. The monoisotopic (exact) mass is 314 g/mol. The highest BCUT2D eigenvalue weighted by molar-refractivity contribution is 5.74. The van der Waals surface area contributed by atoms with Gasteiger partial charge in [0.1, 0.15) is 5.60 Å². The van der Waals surface area contributed by atoms with Crippen LogP contribution in [-0.2, 0) is 21.6 Å². The maximum Gasteiger partial charge on any atom is 0.317 e. The molecule has 22 heavy (non-hydrogen) atoms. The first-order valence-corrected chi connectivity index (χ1v) is 7.46. The number of halogens is 2. The van der Waals surface area contributed by atoms with E-state index < -0.39 is 29.8 Å². The van der Waals surface area contributed by atoms with Crippen LogP contribution >= 0.6 is 0 Å². The number of rotatable bonds is 7. The first kappa shape index (κ1) is 18.6. The number of aliphatic hydroxyl groups is 1. The number of benzene rings is 1. The van der Waals surface area contributed by atoms with Crippen LogP contribution in [0.15, 0.2) is 24.3 Å². The van der Waals surface area contributed by atoms with Crippen molar-refractivity contribution in [3.63, 3.8) is 0 Å². The molecule has 2 unspecified atom stereocenters. The van der Waals surface area contributed by atoms with E-state index in [9.17, 15) is 18.7 Å². The van der Waals surface area contributed by atoms with Gasteiger partial charge in [-0.25, -0.2) is 8.78 Å². The fourth-order valence-corrected chi connectivity index (χ4v) is 2.70. The van der Waals surface area contributed by atoms with E-state index in [4.69, 9.17) is 0 Å². The van der Waals surface area contributed by atoms with Gasteiger partial charge in [0.25, 0.3) is 6.43 Å². The van der Waals surface area contributed by atoms with Crippen molar-refractivity contribution < 1.29 is 23.4 Å². The lowest BCUT2D eigenvalue weighted by Gasteiger charge is -2.38. The number of aryl methyl sites for hydroxylation is 1. The minimum absolute atomic E-state index is 0.304. The van der Waals surface area contributed by atoms with Gasteiger partial charge in [-0.15, -0.1) is 0 Å². The van der Waals surface area contributed by atoms with Crippen molar-refractivity contribution in [2.45, 2.75) is 45.6 Å². The highest BCUT2D eigenvalue weighted by Crippen LogP contribution is 2.40. The number of carbonyl (C=O) groups excluding carboxylic acids is 1. The summed E-state index contributed by atoms with van der Waals surface area (Å²) in [6.45, 7) is 5.26. The lowest BCUT2D eigenvalue weighted by atomic mass is 9.73. The number of ether oxygens (including phenoxy) is 1. The summed E-state index contributed by atoms with van der Waals surface area (Å²) in [4.78, 5) is 11.8. The van der Waals surface area contributed by atoms with Crippen molar-refractivity contribution in [1.29, 1.82) is 0 Å². The molecule has 2 atom stereocenters. The van der Waals surface area contributed by atoms with E-state index in [1.807, 2.05) is 6.92 Å². The second kappa shape index (κ2) is 7.68. The van der Waals surface area contributed by atoms with E-state index >= 15 is 0 Å². The topological polar surface area (TPSA) is 46.5 Å². The van der Waals surface area contributed by atoms with E-state index in [1.54, 1.807) is 38.1 Å². The smallest absolute Gasteiger partial charge is 0.317 e. The Balaban J connectivity index is 3.31. The van der Waals surface area contributed by atoms with Crippen LogP contribution in [0.4, 0.5) is 8.78 Å². The fraction of sp³-hybridized carbons (Fsp3) is 0.588. The van der Waals surface area contributed by atoms with Crippen molar-refractivity contribution >= 4 is 5.97 Å². The highest BCUT2D eigenvalue weighted by Gasteiger charge is 2.51. The fourth-order valence-electron chi connectivity index (χ4n) is 2.70. The number of esters is 1. The molecule has 0 aromatic heterocycles. The van der Waals surface area contributed by atoms with Gasteiger partial charge in [-0.2, -0.15) is 0 Å². The molecule has 1 rings (SSSR count). The lowest BCUT2D eigenvalue weighted by Crippen LogP contribution is -2.48.